The minimum absolute atomic E-state index is 0.264. The number of nitrogens with two attached hydrogens (primary N) is 2. The van der Waals surface area contributed by atoms with Crippen LogP contribution in [0.3, 0.4) is 0 Å². The largest absolute Gasteiger partial charge is 0.496 e. The van der Waals surface area contributed by atoms with E-state index in [0.717, 1.165) is 17.7 Å². The van der Waals surface area contributed by atoms with E-state index in [4.69, 9.17) is 16.2 Å². The molecule has 5 N–H and O–H groups in total. The van der Waals surface area contributed by atoms with Gasteiger partial charge in [-0.05, 0) is 37.9 Å². The quantitative estimate of drug-likeness (QED) is 0.515. The molecule has 0 aliphatic heterocycles. The maximum Gasteiger partial charge on any atom is 0.253 e. The van der Waals surface area contributed by atoms with Gasteiger partial charge in [0.2, 0.25) is 0 Å². The average molecular weight is 410 g/mol. The van der Waals surface area contributed by atoms with Gasteiger partial charge >= 0.3 is 0 Å². The molecule has 158 valence electrons. The van der Waals surface area contributed by atoms with Crippen molar-refractivity contribution in [3.8, 4) is 16.9 Å². The highest BCUT2D eigenvalue weighted by molar-refractivity contribution is 6.13. The number of H-pyrrole nitrogens is 1. The Balaban J connectivity index is 2.25. The molecule has 9 heteroatoms. The number of carbonyl (C=O) groups excluding carboxylic acids is 2. The van der Waals surface area contributed by atoms with Gasteiger partial charge in [0.05, 0.1) is 41.3 Å². The number of methoxy groups -OCH3 is 1. The summed E-state index contributed by atoms with van der Waals surface area (Å²) in [5.41, 5.74) is 15.1. The third kappa shape index (κ3) is 3.92. The molecule has 0 aliphatic carbocycles. The van der Waals surface area contributed by atoms with E-state index in [1.165, 1.54) is 13.4 Å². The smallest absolute Gasteiger partial charge is 0.253 e. The molecule has 0 radical (unpaired) electrons. The second kappa shape index (κ2) is 8.42. The molecule has 0 bridgehead atoms. The van der Waals surface area contributed by atoms with Crippen molar-refractivity contribution in [2.24, 2.45) is 11.5 Å². The fourth-order valence-electron chi connectivity index (χ4n) is 3.40. The summed E-state index contributed by atoms with van der Waals surface area (Å²) in [5.74, 6) is -0.749. The first-order valence-electron chi connectivity index (χ1n) is 9.38. The molecule has 0 fully saturated rings. The van der Waals surface area contributed by atoms with E-state index in [0.29, 0.717) is 34.6 Å². The first kappa shape index (κ1) is 21.1. The topological polar surface area (TPSA) is 131 Å². The number of aromatic nitrogens is 2. The van der Waals surface area contributed by atoms with Gasteiger partial charge in [0.15, 0.2) is 0 Å². The van der Waals surface area contributed by atoms with Crippen LogP contribution >= 0.6 is 0 Å². The van der Waals surface area contributed by atoms with Crippen LogP contribution in [0.2, 0.25) is 0 Å². The van der Waals surface area contributed by atoms with Crippen LogP contribution in [-0.2, 0) is 0 Å². The highest BCUT2D eigenvalue weighted by Crippen LogP contribution is 2.37. The van der Waals surface area contributed by atoms with Crippen LogP contribution in [-0.4, -0.2) is 68.0 Å². The molecule has 30 heavy (non-hydrogen) atoms. The van der Waals surface area contributed by atoms with Crippen LogP contribution < -0.4 is 21.1 Å². The summed E-state index contributed by atoms with van der Waals surface area (Å²) in [5, 5.41) is 0. The lowest BCUT2D eigenvalue weighted by Crippen LogP contribution is -2.30. The normalized spacial score (nSPS) is 11.1. The molecule has 1 heterocycles. The summed E-state index contributed by atoms with van der Waals surface area (Å²) in [4.78, 5) is 35.7. The van der Waals surface area contributed by atoms with Gasteiger partial charge in [0.25, 0.3) is 11.8 Å². The zero-order chi connectivity index (χ0) is 22.0. The van der Waals surface area contributed by atoms with E-state index >= 15 is 0 Å². The minimum Gasteiger partial charge on any atom is -0.496 e. The van der Waals surface area contributed by atoms with E-state index in [1.807, 2.05) is 38.2 Å². The number of anilines is 1. The molecule has 1 aromatic heterocycles. The molecular formula is C21H26N6O3. The highest BCUT2D eigenvalue weighted by atomic mass is 16.5. The van der Waals surface area contributed by atoms with Gasteiger partial charge in [-0.1, -0.05) is 6.07 Å². The number of primary amides is 2. The standard InChI is InChI=1S/C21H26N6O3/c1-26(2)7-8-27(3)15-10-13(18-19(25-11-24-18)17(15)21(23)29)12-5-6-16(30-4)14(9-12)20(22)28/h5-6,9-11H,7-8H2,1-4H3,(H2,22,28)(H2,23,29)(H,24,25). The molecule has 0 atom stereocenters. The SMILES string of the molecule is COc1ccc(-c2cc(N(C)CCN(C)C)c(C(N)=O)c3[nH]cnc23)cc1C(N)=O. The van der Waals surface area contributed by atoms with Crippen LogP contribution in [0.5, 0.6) is 5.75 Å². The summed E-state index contributed by atoms with van der Waals surface area (Å²) >= 11 is 0. The molecule has 9 nitrogen and oxygen atoms in total. The van der Waals surface area contributed by atoms with E-state index in [1.54, 1.807) is 12.1 Å². The molecule has 0 saturated carbocycles. The number of ether oxygens (including phenoxy) is 1. The van der Waals surface area contributed by atoms with Crippen LogP contribution in [0.1, 0.15) is 20.7 Å². The molecule has 2 aromatic carbocycles. The van der Waals surface area contributed by atoms with Crippen molar-refractivity contribution in [2.45, 2.75) is 0 Å². The fraction of sp³-hybridized carbons (Fsp3) is 0.286. The number of carbonyl (C=O) groups is 2. The summed E-state index contributed by atoms with van der Waals surface area (Å²) in [6, 6.07) is 7.04. The Morgan fingerprint density at radius 2 is 1.83 bits per heavy atom. The van der Waals surface area contributed by atoms with Crippen LogP contribution in [0, 0.1) is 0 Å². The van der Waals surface area contributed by atoms with Crippen molar-refractivity contribution < 1.29 is 14.3 Å². The van der Waals surface area contributed by atoms with Gasteiger partial charge in [-0.3, -0.25) is 9.59 Å². The predicted octanol–water partition coefficient (Wildman–Crippen LogP) is 1.43. The molecule has 2 amide bonds. The number of nitrogens with zero attached hydrogens (tertiary/aromatic N) is 3. The average Bonchev–Trinajstić information content (AvgIpc) is 3.19. The van der Waals surface area contributed by atoms with Crippen molar-refractivity contribution in [3.63, 3.8) is 0 Å². The van der Waals surface area contributed by atoms with E-state index in [-0.39, 0.29) is 5.56 Å². The molecular weight excluding hydrogens is 384 g/mol. The molecule has 0 unspecified atom stereocenters. The number of amides is 2. The number of fused-ring (bicyclic) bond motifs is 1. The molecule has 0 spiro atoms. The molecule has 0 saturated heterocycles. The summed E-state index contributed by atoms with van der Waals surface area (Å²) in [7, 11) is 7.34. The second-order valence-electron chi connectivity index (χ2n) is 7.31. The number of imidazole rings is 1. The number of hydrogen-bond donors (Lipinski definition) is 3. The Morgan fingerprint density at radius 1 is 1.10 bits per heavy atom. The first-order valence-corrected chi connectivity index (χ1v) is 9.38. The molecule has 3 aromatic rings. The summed E-state index contributed by atoms with van der Waals surface area (Å²) in [6.45, 7) is 1.47. The van der Waals surface area contributed by atoms with Gasteiger partial charge in [0.1, 0.15) is 5.75 Å². The van der Waals surface area contributed by atoms with Gasteiger partial charge < -0.3 is 31.0 Å². The van der Waals surface area contributed by atoms with E-state index < -0.39 is 11.8 Å². The predicted molar refractivity (Wildman–Crippen MR) is 117 cm³/mol. The van der Waals surface area contributed by atoms with E-state index in [2.05, 4.69) is 14.9 Å². The monoisotopic (exact) mass is 410 g/mol. The zero-order valence-electron chi connectivity index (χ0n) is 17.5. The highest BCUT2D eigenvalue weighted by Gasteiger charge is 2.22. The number of rotatable bonds is 8. The van der Waals surface area contributed by atoms with Crippen molar-refractivity contribution in [1.82, 2.24) is 14.9 Å². The van der Waals surface area contributed by atoms with Crippen molar-refractivity contribution >= 4 is 28.5 Å². The Hall–Kier alpha value is -3.59. The van der Waals surface area contributed by atoms with Crippen LogP contribution in [0.15, 0.2) is 30.6 Å². The zero-order valence-corrected chi connectivity index (χ0v) is 17.5. The van der Waals surface area contributed by atoms with Crippen molar-refractivity contribution in [3.05, 3.63) is 41.7 Å². The van der Waals surface area contributed by atoms with Crippen LogP contribution in [0.25, 0.3) is 22.2 Å². The third-order valence-electron chi connectivity index (χ3n) is 5.00. The Labute approximate surface area is 174 Å². The lowest BCUT2D eigenvalue weighted by Gasteiger charge is -2.24. The Kier molecular flexibility index (Phi) is 5.93. The van der Waals surface area contributed by atoms with Crippen LogP contribution in [0.4, 0.5) is 5.69 Å². The lowest BCUT2D eigenvalue weighted by molar-refractivity contribution is 0.0991. The van der Waals surface area contributed by atoms with Crippen molar-refractivity contribution in [2.75, 3.05) is 46.2 Å². The number of aromatic amines is 1. The number of benzene rings is 2. The number of likely N-dealkylation sites (N-methyl/N-ethyl adjacent to an activating group) is 2. The fourth-order valence-corrected chi connectivity index (χ4v) is 3.40. The minimum atomic E-state index is -0.593. The third-order valence-corrected chi connectivity index (χ3v) is 5.00. The first-order chi connectivity index (χ1) is 14.2. The molecule has 0 aliphatic rings. The maximum absolute atomic E-state index is 12.3. The summed E-state index contributed by atoms with van der Waals surface area (Å²) < 4.78 is 5.24. The number of nitrogens with one attached hydrogen (secondary N) is 1. The number of hydrogen-bond acceptors (Lipinski definition) is 6. The molecule has 3 rings (SSSR count). The van der Waals surface area contributed by atoms with Gasteiger partial charge in [0, 0.05) is 25.7 Å². The van der Waals surface area contributed by atoms with Crippen molar-refractivity contribution in [1.29, 1.82) is 0 Å². The van der Waals surface area contributed by atoms with Gasteiger partial charge in [-0.2, -0.15) is 0 Å². The van der Waals surface area contributed by atoms with Gasteiger partial charge in [-0.15, -0.1) is 0 Å². The maximum atomic E-state index is 12.3. The lowest BCUT2D eigenvalue weighted by atomic mass is 9.97. The van der Waals surface area contributed by atoms with Gasteiger partial charge in [-0.25, -0.2) is 4.98 Å². The second-order valence-corrected chi connectivity index (χ2v) is 7.31. The Bertz CT molecular complexity index is 1110. The Morgan fingerprint density at radius 3 is 2.43 bits per heavy atom. The van der Waals surface area contributed by atoms with E-state index in [9.17, 15) is 9.59 Å². The summed E-state index contributed by atoms with van der Waals surface area (Å²) in [6.07, 6.45) is 1.52.